The molecule has 0 unspecified atom stereocenters. The van der Waals surface area contributed by atoms with E-state index in [2.05, 4.69) is 5.10 Å². The molecular weight excluding hydrogens is 411 g/mol. The van der Waals surface area contributed by atoms with Crippen LogP contribution in [-0.4, -0.2) is 53.8 Å². The third kappa shape index (κ3) is 6.29. The molecule has 152 valence electrons. The molecule has 0 aliphatic carbocycles. The van der Waals surface area contributed by atoms with Gasteiger partial charge in [0.2, 0.25) is 5.91 Å². The molecule has 0 aliphatic heterocycles. The molecule has 2 rings (SSSR count). The number of hydrogen-bond donors (Lipinski definition) is 0. The minimum Gasteiger partial charge on any atom is -0.383 e. The average Bonchev–Trinajstić information content (AvgIpc) is 2.91. The second-order valence-corrected chi connectivity index (χ2v) is 6.87. The molecule has 0 saturated carbocycles. The lowest BCUT2D eigenvalue weighted by atomic mass is 10.2. The summed E-state index contributed by atoms with van der Waals surface area (Å²) in [5.41, 5.74) is 2.15. The molecule has 1 amide bonds. The molecule has 0 atom stereocenters. The van der Waals surface area contributed by atoms with Gasteiger partial charge in [-0.25, -0.2) is 13.5 Å². The minimum absolute atomic E-state index is 0.0759. The van der Waals surface area contributed by atoms with Crippen molar-refractivity contribution >= 4 is 35.2 Å². The maximum absolute atomic E-state index is 12.7. The van der Waals surface area contributed by atoms with E-state index in [0.29, 0.717) is 28.0 Å². The molecule has 0 N–H and O–H groups in total. The Morgan fingerprint density at radius 3 is 2.61 bits per heavy atom. The van der Waals surface area contributed by atoms with E-state index in [0.717, 1.165) is 10.5 Å². The molecule has 5 nitrogen and oxygen atoms in total. The topological polar surface area (TPSA) is 47.4 Å². The molecule has 0 saturated heterocycles. The summed E-state index contributed by atoms with van der Waals surface area (Å²) in [7, 11) is 1.44. The quantitative estimate of drug-likeness (QED) is 0.556. The van der Waals surface area contributed by atoms with Crippen LogP contribution in [0.4, 0.5) is 8.78 Å². The lowest BCUT2D eigenvalue weighted by Gasteiger charge is -2.20. The van der Waals surface area contributed by atoms with Gasteiger partial charge in [-0.3, -0.25) is 4.79 Å². The number of carbonyl (C=O) groups is 1. The predicted octanol–water partition coefficient (Wildman–Crippen LogP) is 4.30. The fourth-order valence-electron chi connectivity index (χ4n) is 2.54. The molecule has 28 heavy (non-hydrogen) atoms. The maximum atomic E-state index is 12.7. The fraction of sp³-hybridized carbons (Fsp3) is 0.368. The number of ether oxygens (including phenoxy) is 1. The van der Waals surface area contributed by atoms with Gasteiger partial charge in [0.05, 0.1) is 25.4 Å². The molecule has 1 aromatic heterocycles. The number of aryl methyl sites for hydroxylation is 1. The Balaban J connectivity index is 2.14. The van der Waals surface area contributed by atoms with Gasteiger partial charge in [0.15, 0.2) is 0 Å². The van der Waals surface area contributed by atoms with Crippen LogP contribution in [-0.2, 0) is 16.1 Å². The summed E-state index contributed by atoms with van der Waals surface area (Å²) in [5.74, 6) is -0.543. The van der Waals surface area contributed by atoms with Gasteiger partial charge in [0, 0.05) is 30.3 Å². The lowest BCUT2D eigenvalue weighted by Crippen LogP contribution is -2.36. The summed E-state index contributed by atoms with van der Waals surface area (Å²) in [5, 5.41) is 5.37. The van der Waals surface area contributed by atoms with Gasteiger partial charge in [-0.15, -0.1) is 0 Å². The first-order valence-corrected chi connectivity index (χ1v) is 9.28. The van der Waals surface area contributed by atoms with Gasteiger partial charge < -0.3 is 9.64 Å². The van der Waals surface area contributed by atoms with E-state index in [1.54, 1.807) is 23.7 Å². The molecular formula is C19H21Cl2F2N3O2. The Hall–Kier alpha value is -1.96. The van der Waals surface area contributed by atoms with Gasteiger partial charge >= 0.3 is 0 Å². The van der Waals surface area contributed by atoms with Crippen LogP contribution in [0.2, 0.25) is 10.2 Å². The number of nitrogens with zero attached hydrogens (tertiary/aromatic N) is 3. The SMILES string of the molecule is COCCN(CC(F)F)C(=O)/C=C/c1c(C)nn(Cc2ccc(Cl)cc2)c1Cl. The average molecular weight is 432 g/mol. The van der Waals surface area contributed by atoms with Crippen molar-refractivity contribution in [1.82, 2.24) is 14.7 Å². The second-order valence-electron chi connectivity index (χ2n) is 6.08. The Kier molecular flexibility index (Phi) is 8.41. The van der Waals surface area contributed by atoms with Gasteiger partial charge in [0.25, 0.3) is 6.43 Å². The number of rotatable bonds is 9. The van der Waals surface area contributed by atoms with Crippen molar-refractivity contribution in [3.05, 3.63) is 57.3 Å². The fourth-order valence-corrected chi connectivity index (χ4v) is 2.97. The highest BCUT2D eigenvalue weighted by atomic mass is 35.5. The summed E-state index contributed by atoms with van der Waals surface area (Å²) in [6.07, 6.45) is 0.0960. The van der Waals surface area contributed by atoms with Crippen LogP contribution in [0, 0.1) is 6.92 Å². The summed E-state index contributed by atoms with van der Waals surface area (Å²) < 4.78 is 31.9. The monoisotopic (exact) mass is 431 g/mol. The number of carbonyl (C=O) groups excluding carboxylic acids is 1. The zero-order valence-electron chi connectivity index (χ0n) is 15.5. The highest BCUT2D eigenvalue weighted by Crippen LogP contribution is 2.23. The number of benzene rings is 1. The molecule has 1 aromatic carbocycles. The van der Waals surface area contributed by atoms with Gasteiger partial charge in [0.1, 0.15) is 5.15 Å². The molecule has 0 fully saturated rings. The summed E-state index contributed by atoms with van der Waals surface area (Å²) >= 11 is 12.3. The molecule has 9 heteroatoms. The third-order valence-electron chi connectivity index (χ3n) is 3.98. The van der Waals surface area contributed by atoms with E-state index in [-0.39, 0.29) is 13.2 Å². The normalized spacial score (nSPS) is 11.5. The van der Waals surface area contributed by atoms with Crippen molar-refractivity contribution in [3.8, 4) is 0 Å². The molecule has 2 aromatic rings. The summed E-state index contributed by atoms with van der Waals surface area (Å²) in [4.78, 5) is 13.3. The molecule has 1 heterocycles. The second kappa shape index (κ2) is 10.5. The zero-order chi connectivity index (χ0) is 20.7. The van der Waals surface area contributed by atoms with E-state index < -0.39 is 18.9 Å². The first kappa shape index (κ1) is 22.3. The lowest BCUT2D eigenvalue weighted by molar-refractivity contribution is -0.128. The van der Waals surface area contributed by atoms with E-state index in [9.17, 15) is 13.6 Å². The van der Waals surface area contributed by atoms with Gasteiger partial charge in [-0.1, -0.05) is 35.3 Å². The van der Waals surface area contributed by atoms with Crippen molar-refractivity contribution in [2.45, 2.75) is 19.9 Å². The molecule has 0 aliphatic rings. The van der Waals surface area contributed by atoms with Crippen LogP contribution in [0.3, 0.4) is 0 Å². The Morgan fingerprint density at radius 2 is 2.00 bits per heavy atom. The van der Waals surface area contributed by atoms with Gasteiger partial charge in [-0.05, 0) is 30.7 Å². The number of halogens is 4. The zero-order valence-corrected chi connectivity index (χ0v) is 17.1. The third-order valence-corrected chi connectivity index (χ3v) is 4.63. The van der Waals surface area contributed by atoms with E-state index >= 15 is 0 Å². The number of alkyl halides is 2. The van der Waals surface area contributed by atoms with Crippen molar-refractivity contribution in [2.24, 2.45) is 0 Å². The van der Waals surface area contributed by atoms with E-state index in [1.165, 1.54) is 19.3 Å². The number of methoxy groups -OCH3 is 1. The molecule has 0 radical (unpaired) electrons. The van der Waals surface area contributed by atoms with Crippen LogP contribution in [0.15, 0.2) is 30.3 Å². The molecule has 0 spiro atoms. The van der Waals surface area contributed by atoms with Crippen LogP contribution >= 0.6 is 23.2 Å². The van der Waals surface area contributed by atoms with Crippen LogP contribution in [0.25, 0.3) is 6.08 Å². The number of amides is 1. The standard InChI is InChI=1S/C19H21Cl2F2N3O2/c1-13-16(7-8-18(27)25(9-10-28-2)12-17(22)23)19(21)26(24-13)11-14-3-5-15(20)6-4-14/h3-8,17H,9-12H2,1-2H3/b8-7+. The van der Waals surface area contributed by atoms with E-state index in [4.69, 9.17) is 27.9 Å². The summed E-state index contributed by atoms with van der Waals surface area (Å²) in [6, 6.07) is 7.29. The highest BCUT2D eigenvalue weighted by molar-refractivity contribution is 6.31. The van der Waals surface area contributed by atoms with E-state index in [1.807, 2.05) is 12.1 Å². The predicted molar refractivity (Wildman–Crippen MR) is 106 cm³/mol. The smallest absolute Gasteiger partial charge is 0.255 e. The van der Waals surface area contributed by atoms with Crippen molar-refractivity contribution in [3.63, 3.8) is 0 Å². The van der Waals surface area contributed by atoms with Crippen molar-refractivity contribution in [1.29, 1.82) is 0 Å². The molecule has 0 bridgehead atoms. The van der Waals surface area contributed by atoms with Gasteiger partial charge in [-0.2, -0.15) is 5.10 Å². The largest absolute Gasteiger partial charge is 0.383 e. The minimum atomic E-state index is -2.62. The van der Waals surface area contributed by atoms with Crippen LogP contribution in [0.1, 0.15) is 16.8 Å². The van der Waals surface area contributed by atoms with Crippen molar-refractivity contribution < 1.29 is 18.3 Å². The summed E-state index contributed by atoms with van der Waals surface area (Å²) in [6.45, 7) is 1.78. The Labute approximate surface area is 172 Å². The number of hydrogen-bond acceptors (Lipinski definition) is 3. The van der Waals surface area contributed by atoms with Crippen LogP contribution in [0.5, 0.6) is 0 Å². The number of aromatic nitrogens is 2. The Bertz CT molecular complexity index is 823. The highest BCUT2D eigenvalue weighted by Gasteiger charge is 2.17. The first-order chi connectivity index (χ1) is 13.3. The first-order valence-electron chi connectivity index (χ1n) is 8.53. The van der Waals surface area contributed by atoms with Crippen molar-refractivity contribution in [2.75, 3.05) is 26.8 Å². The van der Waals surface area contributed by atoms with Crippen LogP contribution < -0.4 is 0 Å². The maximum Gasteiger partial charge on any atom is 0.255 e. The Morgan fingerprint density at radius 1 is 1.32 bits per heavy atom.